The molecule has 1 amide bonds. The molecule has 1 unspecified atom stereocenters. The number of piperidine rings is 1. The standard InChI is InChI=1S/C15H18BrF2NO2/c16-7-6-11-3-2-8-19(10-11)14(20)12-4-1-5-13(9-12)21-15(17)18/h1,4-5,9,11,15H,2-3,6-8,10H2. The van der Waals surface area contributed by atoms with Crippen LogP contribution in [0.1, 0.15) is 29.6 Å². The highest BCUT2D eigenvalue weighted by Crippen LogP contribution is 2.23. The molecule has 2 rings (SSSR count). The minimum Gasteiger partial charge on any atom is -0.435 e. The van der Waals surface area contributed by atoms with Crippen LogP contribution in [0.3, 0.4) is 0 Å². The summed E-state index contributed by atoms with van der Waals surface area (Å²) in [6.07, 6.45) is 3.15. The zero-order valence-corrected chi connectivity index (χ0v) is 13.2. The predicted molar refractivity (Wildman–Crippen MR) is 80.1 cm³/mol. The van der Waals surface area contributed by atoms with Crippen LogP contribution in [-0.4, -0.2) is 35.8 Å². The first-order chi connectivity index (χ1) is 10.1. The summed E-state index contributed by atoms with van der Waals surface area (Å²) >= 11 is 3.43. The molecule has 1 atom stereocenters. The molecule has 0 spiro atoms. The van der Waals surface area contributed by atoms with Crippen LogP contribution in [0.25, 0.3) is 0 Å². The van der Waals surface area contributed by atoms with Gasteiger partial charge in [-0.2, -0.15) is 8.78 Å². The SMILES string of the molecule is O=C(c1cccc(OC(F)F)c1)N1CCCC(CCBr)C1. The van der Waals surface area contributed by atoms with Gasteiger partial charge in [0.25, 0.3) is 5.91 Å². The van der Waals surface area contributed by atoms with Gasteiger partial charge in [-0.3, -0.25) is 4.79 Å². The minimum atomic E-state index is -2.88. The van der Waals surface area contributed by atoms with Crippen molar-refractivity contribution in [3.05, 3.63) is 29.8 Å². The Balaban J connectivity index is 2.05. The third kappa shape index (κ3) is 4.66. The zero-order chi connectivity index (χ0) is 15.2. The van der Waals surface area contributed by atoms with Crippen molar-refractivity contribution in [2.75, 3.05) is 18.4 Å². The molecule has 0 N–H and O–H groups in total. The highest BCUT2D eigenvalue weighted by atomic mass is 79.9. The van der Waals surface area contributed by atoms with Crippen LogP contribution in [0.4, 0.5) is 8.78 Å². The Morgan fingerprint density at radius 2 is 2.29 bits per heavy atom. The molecule has 1 aliphatic rings. The number of carbonyl (C=O) groups is 1. The van der Waals surface area contributed by atoms with E-state index in [1.54, 1.807) is 17.0 Å². The maximum Gasteiger partial charge on any atom is 0.387 e. The highest BCUT2D eigenvalue weighted by molar-refractivity contribution is 9.09. The molecule has 1 aromatic rings. The van der Waals surface area contributed by atoms with Crippen LogP contribution in [0.2, 0.25) is 0 Å². The number of benzene rings is 1. The first-order valence-corrected chi connectivity index (χ1v) is 8.12. The van der Waals surface area contributed by atoms with Gasteiger partial charge in [0.15, 0.2) is 0 Å². The van der Waals surface area contributed by atoms with Crippen LogP contribution in [0.5, 0.6) is 5.75 Å². The summed E-state index contributed by atoms with van der Waals surface area (Å²) < 4.78 is 28.8. The van der Waals surface area contributed by atoms with Crippen LogP contribution in [-0.2, 0) is 0 Å². The maximum absolute atomic E-state index is 12.5. The fourth-order valence-corrected chi connectivity index (χ4v) is 3.27. The molecule has 21 heavy (non-hydrogen) atoms. The van der Waals surface area contributed by atoms with Crippen molar-refractivity contribution in [2.45, 2.75) is 25.9 Å². The van der Waals surface area contributed by atoms with E-state index in [0.717, 1.165) is 37.7 Å². The molecule has 116 valence electrons. The second kappa shape index (κ2) is 7.73. The Bertz CT molecular complexity index is 482. The van der Waals surface area contributed by atoms with E-state index in [2.05, 4.69) is 20.7 Å². The Labute approximate surface area is 131 Å². The highest BCUT2D eigenvalue weighted by Gasteiger charge is 2.24. The predicted octanol–water partition coefficient (Wildman–Crippen LogP) is 3.93. The molecule has 1 fully saturated rings. The van der Waals surface area contributed by atoms with E-state index in [4.69, 9.17) is 0 Å². The molecule has 0 aromatic heterocycles. The summed E-state index contributed by atoms with van der Waals surface area (Å²) in [6, 6.07) is 6.00. The number of amides is 1. The van der Waals surface area contributed by atoms with Crippen molar-refractivity contribution in [3.63, 3.8) is 0 Å². The second-order valence-corrected chi connectivity index (χ2v) is 5.94. The van der Waals surface area contributed by atoms with Gasteiger partial charge in [-0.25, -0.2) is 0 Å². The Hall–Kier alpha value is -1.17. The molecule has 0 saturated carbocycles. The summed E-state index contributed by atoms with van der Waals surface area (Å²) in [5.41, 5.74) is 0.396. The van der Waals surface area contributed by atoms with Crippen molar-refractivity contribution in [1.82, 2.24) is 4.90 Å². The van der Waals surface area contributed by atoms with Crippen molar-refractivity contribution in [3.8, 4) is 5.75 Å². The molecular formula is C15H18BrF2NO2. The Morgan fingerprint density at radius 1 is 1.48 bits per heavy atom. The summed E-state index contributed by atoms with van der Waals surface area (Å²) in [5, 5.41) is 0.928. The Kier molecular flexibility index (Phi) is 5.96. The third-order valence-corrected chi connectivity index (χ3v) is 4.09. The van der Waals surface area contributed by atoms with Crippen LogP contribution < -0.4 is 4.74 Å². The molecule has 0 aliphatic carbocycles. The summed E-state index contributed by atoms with van der Waals surface area (Å²) in [7, 11) is 0. The monoisotopic (exact) mass is 361 g/mol. The number of hydrogen-bond donors (Lipinski definition) is 0. The van der Waals surface area contributed by atoms with Crippen molar-refractivity contribution < 1.29 is 18.3 Å². The lowest BCUT2D eigenvalue weighted by molar-refractivity contribution is -0.0499. The van der Waals surface area contributed by atoms with Gasteiger partial charge in [0.2, 0.25) is 0 Å². The summed E-state index contributed by atoms with van der Waals surface area (Å²) in [6.45, 7) is -1.43. The molecule has 0 bridgehead atoms. The lowest BCUT2D eigenvalue weighted by atomic mass is 9.95. The number of nitrogens with zero attached hydrogens (tertiary/aromatic N) is 1. The largest absolute Gasteiger partial charge is 0.435 e. The average Bonchev–Trinajstić information content (AvgIpc) is 2.47. The van der Waals surface area contributed by atoms with Gasteiger partial charge in [-0.05, 0) is 43.4 Å². The normalized spacial score (nSPS) is 18.9. The van der Waals surface area contributed by atoms with E-state index in [1.165, 1.54) is 12.1 Å². The lowest BCUT2D eigenvalue weighted by Gasteiger charge is -2.32. The molecule has 6 heteroatoms. The van der Waals surface area contributed by atoms with Gasteiger partial charge < -0.3 is 9.64 Å². The fourth-order valence-electron chi connectivity index (χ4n) is 2.63. The summed E-state index contributed by atoms with van der Waals surface area (Å²) in [4.78, 5) is 14.3. The van der Waals surface area contributed by atoms with Crippen molar-refractivity contribution in [1.29, 1.82) is 0 Å². The molecule has 1 aromatic carbocycles. The maximum atomic E-state index is 12.5. The van der Waals surface area contributed by atoms with Crippen molar-refractivity contribution >= 4 is 21.8 Å². The van der Waals surface area contributed by atoms with E-state index in [-0.39, 0.29) is 11.7 Å². The number of alkyl halides is 3. The van der Waals surface area contributed by atoms with Crippen molar-refractivity contribution in [2.24, 2.45) is 5.92 Å². The van der Waals surface area contributed by atoms with Gasteiger partial charge >= 0.3 is 6.61 Å². The fraction of sp³-hybridized carbons (Fsp3) is 0.533. The van der Waals surface area contributed by atoms with Gasteiger partial charge in [0, 0.05) is 24.0 Å². The molecule has 1 aliphatic heterocycles. The van der Waals surface area contributed by atoms with Gasteiger partial charge in [0.05, 0.1) is 0 Å². The zero-order valence-electron chi connectivity index (χ0n) is 11.6. The number of halogens is 3. The van der Waals surface area contributed by atoms with E-state index in [9.17, 15) is 13.6 Å². The van der Waals surface area contributed by atoms with Gasteiger partial charge in [0.1, 0.15) is 5.75 Å². The number of rotatable bonds is 5. The Morgan fingerprint density at radius 3 is 3.00 bits per heavy atom. The average molecular weight is 362 g/mol. The molecular weight excluding hydrogens is 344 g/mol. The minimum absolute atomic E-state index is 0.0184. The number of carbonyl (C=O) groups excluding carboxylic acids is 1. The molecule has 1 saturated heterocycles. The third-order valence-electron chi connectivity index (χ3n) is 3.63. The topological polar surface area (TPSA) is 29.5 Å². The molecule has 0 radical (unpaired) electrons. The van der Waals surface area contributed by atoms with E-state index >= 15 is 0 Å². The first kappa shape index (κ1) is 16.2. The van der Waals surface area contributed by atoms with Crippen LogP contribution in [0.15, 0.2) is 24.3 Å². The number of hydrogen-bond acceptors (Lipinski definition) is 2. The van der Waals surface area contributed by atoms with Crippen LogP contribution in [0, 0.1) is 5.92 Å². The van der Waals surface area contributed by atoms with Gasteiger partial charge in [-0.15, -0.1) is 0 Å². The lowest BCUT2D eigenvalue weighted by Crippen LogP contribution is -2.40. The number of ether oxygens (including phenoxy) is 1. The van der Waals surface area contributed by atoms with E-state index in [0.29, 0.717) is 11.5 Å². The quantitative estimate of drug-likeness (QED) is 0.743. The second-order valence-electron chi connectivity index (χ2n) is 5.14. The van der Waals surface area contributed by atoms with E-state index in [1.807, 2.05) is 0 Å². The molecule has 3 nitrogen and oxygen atoms in total. The van der Waals surface area contributed by atoms with Crippen LogP contribution >= 0.6 is 15.9 Å². The number of likely N-dealkylation sites (tertiary alicyclic amines) is 1. The smallest absolute Gasteiger partial charge is 0.387 e. The van der Waals surface area contributed by atoms with E-state index < -0.39 is 6.61 Å². The summed E-state index contributed by atoms with van der Waals surface area (Å²) in [5.74, 6) is 0.404. The molecule has 1 heterocycles. The van der Waals surface area contributed by atoms with Gasteiger partial charge in [-0.1, -0.05) is 22.0 Å². The first-order valence-electron chi connectivity index (χ1n) is 7.00.